The molecular formula is C26H42. The maximum Gasteiger partial charge on any atom is -0.0163 e. The van der Waals surface area contributed by atoms with Gasteiger partial charge in [-0.2, -0.15) is 0 Å². The van der Waals surface area contributed by atoms with Crippen molar-refractivity contribution < 1.29 is 0 Å². The van der Waals surface area contributed by atoms with E-state index in [0.717, 1.165) is 30.1 Å². The summed E-state index contributed by atoms with van der Waals surface area (Å²) in [4.78, 5) is 0. The van der Waals surface area contributed by atoms with E-state index in [0.29, 0.717) is 0 Å². The normalized spacial score (nSPS) is 27.0. The Balaban J connectivity index is 1.70. The molecule has 2 aliphatic rings. The van der Waals surface area contributed by atoms with Gasteiger partial charge in [0.2, 0.25) is 0 Å². The molecule has 146 valence electrons. The minimum Gasteiger partial charge on any atom is -0.0885 e. The SMILES string of the molecule is CCCCC=CCC1CCC(C)C1CCC(C)CCC1=CC=CCC=C1. The number of hydrogen-bond acceptors (Lipinski definition) is 0. The van der Waals surface area contributed by atoms with Crippen LogP contribution in [-0.2, 0) is 0 Å². The Labute approximate surface area is 163 Å². The average molecular weight is 355 g/mol. The fraction of sp³-hybridized carbons (Fsp3) is 0.692. The van der Waals surface area contributed by atoms with E-state index in [-0.39, 0.29) is 0 Å². The largest absolute Gasteiger partial charge is 0.0885 e. The van der Waals surface area contributed by atoms with Crippen LogP contribution in [0, 0.1) is 23.7 Å². The van der Waals surface area contributed by atoms with Gasteiger partial charge < -0.3 is 0 Å². The van der Waals surface area contributed by atoms with Crippen molar-refractivity contribution in [3.63, 3.8) is 0 Å². The molecule has 0 aromatic carbocycles. The van der Waals surface area contributed by atoms with Gasteiger partial charge in [-0.3, -0.25) is 0 Å². The Morgan fingerprint density at radius 3 is 2.88 bits per heavy atom. The van der Waals surface area contributed by atoms with Gasteiger partial charge in [0.15, 0.2) is 0 Å². The molecule has 0 aromatic heterocycles. The van der Waals surface area contributed by atoms with Gasteiger partial charge in [0.1, 0.15) is 0 Å². The molecule has 0 heterocycles. The van der Waals surface area contributed by atoms with Crippen molar-refractivity contribution in [2.24, 2.45) is 23.7 Å². The Hall–Kier alpha value is -1.04. The smallest absolute Gasteiger partial charge is 0.0163 e. The number of unbranched alkanes of at least 4 members (excludes halogenated alkanes) is 2. The second-order valence-corrected chi connectivity index (χ2v) is 8.86. The molecule has 0 spiro atoms. The summed E-state index contributed by atoms with van der Waals surface area (Å²) in [7, 11) is 0. The molecule has 0 aromatic rings. The molecule has 26 heavy (non-hydrogen) atoms. The van der Waals surface area contributed by atoms with Crippen LogP contribution < -0.4 is 0 Å². The van der Waals surface area contributed by atoms with Gasteiger partial charge in [0.05, 0.1) is 0 Å². The lowest BCUT2D eigenvalue weighted by molar-refractivity contribution is 0.279. The predicted octanol–water partition coefficient (Wildman–Crippen LogP) is 8.42. The van der Waals surface area contributed by atoms with Crippen molar-refractivity contribution in [1.82, 2.24) is 0 Å². The van der Waals surface area contributed by atoms with Crippen LogP contribution in [-0.4, -0.2) is 0 Å². The highest BCUT2D eigenvalue weighted by Crippen LogP contribution is 2.42. The molecule has 0 radical (unpaired) electrons. The van der Waals surface area contributed by atoms with Crippen molar-refractivity contribution in [1.29, 1.82) is 0 Å². The van der Waals surface area contributed by atoms with Crippen LogP contribution in [0.2, 0.25) is 0 Å². The highest BCUT2D eigenvalue weighted by atomic mass is 14.4. The van der Waals surface area contributed by atoms with Crippen molar-refractivity contribution >= 4 is 0 Å². The first kappa shape index (κ1) is 21.3. The summed E-state index contributed by atoms with van der Waals surface area (Å²) in [5, 5.41) is 0. The third-order valence-corrected chi connectivity index (χ3v) is 6.63. The molecule has 1 saturated carbocycles. The van der Waals surface area contributed by atoms with E-state index in [1.54, 1.807) is 0 Å². The standard InChI is InChI=1S/C26H42/c1-4-5-6-7-12-15-25-20-18-23(3)26(25)21-17-22(2)16-19-24-13-10-8-9-11-14-24/h7-8,10-14,22-23,25-26H,4-6,9,15-21H2,1-3H3. The third-order valence-electron chi connectivity index (χ3n) is 6.63. The van der Waals surface area contributed by atoms with Crippen molar-refractivity contribution in [3.8, 4) is 0 Å². The summed E-state index contributed by atoms with van der Waals surface area (Å²) in [6, 6.07) is 0. The zero-order chi connectivity index (χ0) is 18.6. The van der Waals surface area contributed by atoms with Gasteiger partial charge in [-0.15, -0.1) is 0 Å². The summed E-state index contributed by atoms with van der Waals surface area (Å²) >= 11 is 0. The summed E-state index contributed by atoms with van der Waals surface area (Å²) in [6.07, 6.45) is 31.0. The van der Waals surface area contributed by atoms with E-state index in [1.807, 2.05) is 0 Å². The summed E-state index contributed by atoms with van der Waals surface area (Å²) in [6.45, 7) is 7.25. The van der Waals surface area contributed by atoms with E-state index in [1.165, 1.54) is 69.8 Å². The van der Waals surface area contributed by atoms with Crippen LogP contribution in [0.25, 0.3) is 0 Å². The lowest BCUT2D eigenvalue weighted by atomic mass is 9.82. The molecule has 4 unspecified atom stereocenters. The molecule has 1 fully saturated rings. The first-order valence-electron chi connectivity index (χ1n) is 11.4. The second-order valence-electron chi connectivity index (χ2n) is 8.86. The van der Waals surface area contributed by atoms with Gasteiger partial charge in [0, 0.05) is 0 Å². The average Bonchev–Trinajstić information content (AvgIpc) is 2.84. The number of allylic oxidation sites excluding steroid dienone is 8. The Morgan fingerprint density at radius 2 is 2.04 bits per heavy atom. The topological polar surface area (TPSA) is 0 Å². The quantitative estimate of drug-likeness (QED) is 0.258. The molecule has 0 bridgehead atoms. The van der Waals surface area contributed by atoms with Gasteiger partial charge in [0.25, 0.3) is 0 Å². The second kappa shape index (κ2) is 12.4. The number of rotatable bonds is 11. The van der Waals surface area contributed by atoms with Crippen LogP contribution in [0.15, 0.2) is 48.1 Å². The molecule has 0 saturated heterocycles. The van der Waals surface area contributed by atoms with E-state index in [2.05, 4.69) is 63.3 Å². The minimum atomic E-state index is 0.852. The highest BCUT2D eigenvalue weighted by Gasteiger charge is 2.32. The molecule has 4 atom stereocenters. The van der Waals surface area contributed by atoms with Crippen LogP contribution in [0.4, 0.5) is 0 Å². The zero-order valence-electron chi connectivity index (χ0n) is 17.6. The predicted molar refractivity (Wildman–Crippen MR) is 117 cm³/mol. The van der Waals surface area contributed by atoms with E-state index in [9.17, 15) is 0 Å². The molecule has 0 heteroatoms. The monoisotopic (exact) mass is 354 g/mol. The molecule has 0 aliphatic heterocycles. The van der Waals surface area contributed by atoms with Crippen molar-refractivity contribution in [2.45, 2.75) is 91.4 Å². The summed E-state index contributed by atoms with van der Waals surface area (Å²) in [5.41, 5.74) is 1.51. The van der Waals surface area contributed by atoms with Gasteiger partial charge in [-0.25, -0.2) is 0 Å². The number of hydrogen-bond donors (Lipinski definition) is 0. The van der Waals surface area contributed by atoms with Crippen LogP contribution >= 0.6 is 0 Å². The maximum absolute atomic E-state index is 2.50. The van der Waals surface area contributed by atoms with E-state index < -0.39 is 0 Å². The molecule has 0 amide bonds. The zero-order valence-corrected chi connectivity index (χ0v) is 17.6. The van der Waals surface area contributed by atoms with Crippen LogP contribution in [0.3, 0.4) is 0 Å². The van der Waals surface area contributed by atoms with Crippen LogP contribution in [0.5, 0.6) is 0 Å². The van der Waals surface area contributed by atoms with Gasteiger partial charge in [-0.1, -0.05) is 89.0 Å². The lowest BCUT2D eigenvalue weighted by Gasteiger charge is -2.24. The fourth-order valence-electron chi connectivity index (χ4n) is 4.72. The Morgan fingerprint density at radius 1 is 1.15 bits per heavy atom. The van der Waals surface area contributed by atoms with E-state index >= 15 is 0 Å². The maximum atomic E-state index is 2.50. The first-order chi connectivity index (χ1) is 12.7. The summed E-state index contributed by atoms with van der Waals surface area (Å²) < 4.78 is 0. The molecule has 0 nitrogen and oxygen atoms in total. The third kappa shape index (κ3) is 7.68. The van der Waals surface area contributed by atoms with Crippen LogP contribution in [0.1, 0.15) is 91.4 Å². The Kier molecular flexibility index (Phi) is 10.1. The lowest BCUT2D eigenvalue weighted by Crippen LogP contribution is -2.14. The fourth-order valence-corrected chi connectivity index (χ4v) is 4.72. The summed E-state index contributed by atoms with van der Waals surface area (Å²) in [5.74, 6) is 3.71. The van der Waals surface area contributed by atoms with Crippen molar-refractivity contribution in [3.05, 3.63) is 48.1 Å². The minimum absolute atomic E-state index is 0.852. The highest BCUT2D eigenvalue weighted by molar-refractivity contribution is 5.27. The molecule has 0 N–H and O–H groups in total. The molecule has 2 aliphatic carbocycles. The van der Waals surface area contributed by atoms with Gasteiger partial charge in [-0.05, 0) is 74.2 Å². The van der Waals surface area contributed by atoms with E-state index in [4.69, 9.17) is 0 Å². The first-order valence-corrected chi connectivity index (χ1v) is 11.4. The Bertz CT molecular complexity index is 490. The van der Waals surface area contributed by atoms with Gasteiger partial charge >= 0.3 is 0 Å². The molecule has 2 rings (SSSR count). The van der Waals surface area contributed by atoms with Crippen molar-refractivity contribution in [2.75, 3.05) is 0 Å². The molecular weight excluding hydrogens is 312 g/mol.